The number of nitrogens with zero attached hydrogens (tertiary/aromatic N) is 3. The zero-order chi connectivity index (χ0) is 19.8. The van der Waals surface area contributed by atoms with E-state index < -0.39 is 32.5 Å². The highest BCUT2D eigenvalue weighted by molar-refractivity contribution is 5.97. The first-order chi connectivity index (χ1) is 12.7. The molecule has 9 nitrogen and oxygen atoms in total. The third-order valence-electron chi connectivity index (χ3n) is 4.46. The van der Waals surface area contributed by atoms with Crippen LogP contribution in [0.2, 0.25) is 0 Å². The van der Waals surface area contributed by atoms with Crippen LogP contribution < -0.4 is 0 Å². The van der Waals surface area contributed by atoms with E-state index in [2.05, 4.69) is 4.99 Å². The van der Waals surface area contributed by atoms with Gasteiger partial charge in [0.15, 0.2) is 5.60 Å². The molecule has 0 amide bonds. The highest BCUT2D eigenvalue weighted by Gasteiger charge is 2.55. The van der Waals surface area contributed by atoms with Gasteiger partial charge in [-0.15, -0.1) is 0 Å². The van der Waals surface area contributed by atoms with Crippen molar-refractivity contribution in [3.05, 3.63) is 79.9 Å². The van der Waals surface area contributed by atoms with Gasteiger partial charge in [-0.2, -0.15) is 0 Å². The molecule has 0 bridgehead atoms. The Morgan fingerprint density at radius 3 is 2.04 bits per heavy atom. The van der Waals surface area contributed by atoms with Gasteiger partial charge in [0, 0.05) is 24.8 Å². The van der Waals surface area contributed by atoms with Crippen molar-refractivity contribution in [2.75, 3.05) is 7.11 Å². The van der Waals surface area contributed by atoms with Crippen LogP contribution in [0, 0.1) is 20.2 Å². The Balaban J connectivity index is 2.18. The first-order valence-corrected chi connectivity index (χ1v) is 8.04. The quantitative estimate of drug-likeness (QED) is 0.586. The van der Waals surface area contributed by atoms with Gasteiger partial charge in [0.25, 0.3) is 11.4 Å². The van der Waals surface area contributed by atoms with Crippen LogP contribution in [0.25, 0.3) is 0 Å². The fourth-order valence-electron chi connectivity index (χ4n) is 3.15. The van der Waals surface area contributed by atoms with Gasteiger partial charge in [-0.25, -0.2) is 4.99 Å². The molecule has 3 rings (SSSR count). The highest BCUT2D eigenvalue weighted by atomic mass is 16.6. The Kier molecular flexibility index (Phi) is 4.40. The fourth-order valence-corrected chi connectivity index (χ4v) is 3.15. The van der Waals surface area contributed by atoms with E-state index in [-0.39, 0.29) is 11.5 Å². The van der Waals surface area contributed by atoms with Crippen molar-refractivity contribution in [1.82, 2.24) is 0 Å². The van der Waals surface area contributed by atoms with Crippen molar-refractivity contribution in [3.8, 4) is 0 Å². The molecule has 1 atom stereocenters. The van der Waals surface area contributed by atoms with E-state index in [0.29, 0.717) is 0 Å². The molecule has 0 aromatic heterocycles. The molecule has 27 heavy (non-hydrogen) atoms. The summed E-state index contributed by atoms with van der Waals surface area (Å²) in [4.78, 5) is 25.5. The van der Waals surface area contributed by atoms with Crippen molar-refractivity contribution in [2.45, 2.75) is 25.2 Å². The van der Waals surface area contributed by atoms with E-state index in [1.54, 1.807) is 13.8 Å². The molecule has 0 spiro atoms. The van der Waals surface area contributed by atoms with Gasteiger partial charge in [0.1, 0.15) is 0 Å². The molecule has 0 N–H and O–H groups in total. The highest BCUT2D eigenvalue weighted by Crippen LogP contribution is 2.45. The van der Waals surface area contributed by atoms with Gasteiger partial charge in [-0.1, -0.05) is 30.3 Å². The summed E-state index contributed by atoms with van der Waals surface area (Å²) >= 11 is 0. The van der Waals surface area contributed by atoms with E-state index in [1.165, 1.54) is 19.2 Å². The number of benzene rings is 2. The zero-order valence-electron chi connectivity index (χ0n) is 14.9. The molecule has 1 aliphatic heterocycles. The number of nitro benzene ring substituents is 2. The van der Waals surface area contributed by atoms with Crippen molar-refractivity contribution in [3.63, 3.8) is 0 Å². The standard InChI is InChI=1S/C18H17N3O6/c1-17(2)18(26-3,13-7-5-4-6-8-13)19-16(27-17)12-9-14(20(22)23)11-15(10-12)21(24)25/h4-11H,1-3H3. The molecule has 0 saturated carbocycles. The Bertz CT molecular complexity index is 909. The fraction of sp³-hybridized carbons (Fsp3) is 0.278. The van der Waals surface area contributed by atoms with Crippen LogP contribution >= 0.6 is 0 Å². The first-order valence-electron chi connectivity index (χ1n) is 8.04. The second-order valence-corrected chi connectivity index (χ2v) is 6.50. The molecular formula is C18H17N3O6. The van der Waals surface area contributed by atoms with Crippen LogP contribution in [0.3, 0.4) is 0 Å². The SMILES string of the molecule is COC1(c2ccccc2)N=C(c2cc([N+](=O)[O-])cc([N+](=O)[O-])c2)OC1(C)C. The first kappa shape index (κ1) is 18.5. The molecule has 1 heterocycles. The molecular weight excluding hydrogens is 354 g/mol. The molecule has 0 aliphatic carbocycles. The lowest BCUT2D eigenvalue weighted by Crippen LogP contribution is -2.45. The van der Waals surface area contributed by atoms with Crippen molar-refractivity contribution >= 4 is 17.3 Å². The minimum absolute atomic E-state index is 0.0394. The number of hydrogen-bond donors (Lipinski definition) is 0. The van der Waals surface area contributed by atoms with Crippen molar-refractivity contribution in [2.24, 2.45) is 4.99 Å². The normalized spacial score (nSPS) is 20.6. The Hall–Kier alpha value is -3.33. The Labute approximate surface area is 154 Å². The average Bonchev–Trinajstić information content (AvgIpc) is 2.93. The molecule has 0 fully saturated rings. The van der Waals surface area contributed by atoms with Crippen LogP contribution in [0.4, 0.5) is 11.4 Å². The maximum absolute atomic E-state index is 11.2. The summed E-state index contributed by atoms with van der Waals surface area (Å²) in [5.74, 6) is 0.0394. The molecule has 140 valence electrons. The maximum atomic E-state index is 11.2. The predicted octanol–water partition coefficient (Wildman–Crippen LogP) is 3.56. The monoisotopic (exact) mass is 371 g/mol. The second-order valence-electron chi connectivity index (χ2n) is 6.50. The molecule has 2 aromatic rings. The van der Waals surface area contributed by atoms with Crippen LogP contribution in [0.1, 0.15) is 25.0 Å². The average molecular weight is 371 g/mol. The third kappa shape index (κ3) is 3.02. The number of non-ortho nitro benzene ring substituents is 2. The lowest BCUT2D eigenvalue weighted by molar-refractivity contribution is -0.394. The minimum Gasteiger partial charge on any atom is -0.466 e. The molecule has 0 radical (unpaired) electrons. The summed E-state index contributed by atoms with van der Waals surface area (Å²) < 4.78 is 11.7. The topological polar surface area (TPSA) is 117 Å². The van der Waals surface area contributed by atoms with Gasteiger partial charge in [0.2, 0.25) is 11.6 Å². The molecule has 2 aromatic carbocycles. The lowest BCUT2D eigenvalue weighted by atomic mass is 9.88. The van der Waals surface area contributed by atoms with Gasteiger partial charge >= 0.3 is 0 Å². The summed E-state index contributed by atoms with van der Waals surface area (Å²) in [5.41, 5.74) is -2.14. The van der Waals surface area contributed by atoms with E-state index >= 15 is 0 Å². The minimum atomic E-state index is -1.21. The maximum Gasteiger partial charge on any atom is 0.277 e. The van der Waals surface area contributed by atoms with E-state index in [9.17, 15) is 20.2 Å². The van der Waals surface area contributed by atoms with E-state index in [1.807, 2.05) is 30.3 Å². The molecule has 1 unspecified atom stereocenters. The lowest BCUT2D eigenvalue weighted by Gasteiger charge is -2.36. The van der Waals surface area contributed by atoms with Gasteiger partial charge in [0.05, 0.1) is 21.5 Å². The molecule has 0 saturated heterocycles. The number of aliphatic imine (C=N–C) groups is 1. The zero-order valence-corrected chi connectivity index (χ0v) is 14.9. The molecule has 1 aliphatic rings. The number of rotatable bonds is 5. The smallest absolute Gasteiger partial charge is 0.277 e. The van der Waals surface area contributed by atoms with Gasteiger partial charge < -0.3 is 9.47 Å². The van der Waals surface area contributed by atoms with Crippen LogP contribution in [0.5, 0.6) is 0 Å². The number of nitro groups is 2. The summed E-state index contributed by atoms with van der Waals surface area (Å²) in [6.45, 7) is 3.54. The van der Waals surface area contributed by atoms with E-state index in [4.69, 9.17) is 9.47 Å². The Morgan fingerprint density at radius 2 is 1.56 bits per heavy atom. The number of methoxy groups -OCH3 is 1. The Morgan fingerprint density at radius 1 is 1.00 bits per heavy atom. The van der Waals surface area contributed by atoms with Crippen LogP contribution in [0.15, 0.2) is 53.5 Å². The third-order valence-corrected chi connectivity index (χ3v) is 4.46. The van der Waals surface area contributed by atoms with Gasteiger partial charge in [-0.05, 0) is 13.8 Å². The van der Waals surface area contributed by atoms with Crippen LogP contribution in [-0.2, 0) is 15.2 Å². The number of ether oxygens (including phenoxy) is 2. The number of hydrogen-bond acceptors (Lipinski definition) is 7. The predicted molar refractivity (Wildman–Crippen MR) is 96.6 cm³/mol. The van der Waals surface area contributed by atoms with Crippen molar-refractivity contribution in [1.29, 1.82) is 0 Å². The summed E-state index contributed by atoms with van der Waals surface area (Å²) in [7, 11) is 1.49. The summed E-state index contributed by atoms with van der Waals surface area (Å²) in [6.07, 6.45) is 0. The molecule has 9 heteroatoms. The van der Waals surface area contributed by atoms with Gasteiger partial charge in [-0.3, -0.25) is 20.2 Å². The van der Waals surface area contributed by atoms with Crippen LogP contribution in [-0.4, -0.2) is 28.5 Å². The van der Waals surface area contributed by atoms with E-state index in [0.717, 1.165) is 11.6 Å². The summed E-state index contributed by atoms with van der Waals surface area (Å²) in [5, 5.41) is 22.3. The largest absolute Gasteiger partial charge is 0.466 e. The second kappa shape index (κ2) is 6.44. The summed E-state index contributed by atoms with van der Waals surface area (Å²) in [6, 6.07) is 12.5. The van der Waals surface area contributed by atoms with Crippen molar-refractivity contribution < 1.29 is 19.3 Å².